The third-order valence-electron chi connectivity index (χ3n) is 5.75. The van der Waals surface area contributed by atoms with Crippen LogP contribution in [0.1, 0.15) is 44.4 Å². The minimum absolute atomic E-state index is 0.215. The van der Waals surface area contributed by atoms with Gasteiger partial charge in [-0.05, 0) is 62.8 Å². The molecule has 2 aromatic carbocycles. The van der Waals surface area contributed by atoms with E-state index in [0.717, 1.165) is 26.6 Å². The molecule has 0 radical (unpaired) electrons. The highest BCUT2D eigenvalue weighted by molar-refractivity contribution is 9.10. The van der Waals surface area contributed by atoms with Gasteiger partial charge in [-0.15, -0.1) is 0 Å². The standard InChI is InChI=1S/C24H29BBrNO4/c1-17-11-12-19(14-21(17)26)13-20(25-30-23(2,3)24(4,5)31-25)15-27-22(28)29-16-18-9-7-6-8-10-18/h6-14H,15-16H2,1-5H3,(H,27,28). The minimum Gasteiger partial charge on any atom is -0.445 e. The lowest BCUT2D eigenvalue weighted by atomic mass is 9.77. The number of hydrogen-bond donors (Lipinski definition) is 1. The summed E-state index contributed by atoms with van der Waals surface area (Å²) in [7, 11) is -0.570. The normalized spacial score (nSPS) is 17.5. The summed E-state index contributed by atoms with van der Waals surface area (Å²) in [5, 5.41) is 2.83. The topological polar surface area (TPSA) is 56.8 Å². The Morgan fingerprint density at radius 3 is 2.35 bits per heavy atom. The molecule has 1 saturated heterocycles. The average Bonchev–Trinajstić information content (AvgIpc) is 2.94. The fraction of sp³-hybridized carbons (Fsp3) is 0.375. The van der Waals surface area contributed by atoms with Gasteiger partial charge < -0.3 is 19.4 Å². The van der Waals surface area contributed by atoms with E-state index in [1.165, 1.54) is 0 Å². The average molecular weight is 486 g/mol. The second-order valence-electron chi connectivity index (χ2n) is 8.73. The predicted octanol–water partition coefficient (Wildman–Crippen LogP) is 5.70. The van der Waals surface area contributed by atoms with Crippen LogP contribution in [0.3, 0.4) is 0 Å². The molecule has 0 spiro atoms. The first kappa shape index (κ1) is 23.6. The number of alkyl carbamates (subject to hydrolysis) is 1. The van der Waals surface area contributed by atoms with Crippen molar-refractivity contribution in [3.8, 4) is 0 Å². The zero-order valence-corrected chi connectivity index (χ0v) is 20.3. The van der Waals surface area contributed by atoms with E-state index >= 15 is 0 Å². The molecular weight excluding hydrogens is 457 g/mol. The van der Waals surface area contributed by atoms with Crippen LogP contribution in [-0.4, -0.2) is 31.0 Å². The van der Waals surface area contributed by atoms with Gasteiger partial charge in [0.05, 0.1) is 11.2 Å². The first-order chi connectivity index (χ1) is 14.6. The smallest absolute Gasteiger partial charge is 0.445 e. The summed E-state index contributed by atoms with van der Waals surface area (Å²) in [6.45, 7) is 10.5. The van der Waals surface area contributed by atoms with E-state index < -0.39 is 24.4 Å². The van der Waals surface area contributed by atoms with E-state index in [4.69, 9.17) is 14.0 Å². The molecule has 5 nitrogen and oxygen atoms in total. The van der Waals surface area contributed by atoms with Gasteiger partial charge in [-0.2, -0.15) is 0 Å². The van der Waals surface area contributed by atoms with Gasteiger partial charge in [0, 0.05) is 11.0 Å². The fourth-order valence-corrected chi connectivity index (χ4v) is 3.45. The van der Waals surface area contributed by atoms with Crippen LogP contribution in [-0.2, 0) is 20.7 Å². The number of rotatable bonds is 6. The molecular formula is C24H29BBrNO4. The number of ether oxygens (including phenoxy) is 1. The van der Waals surface area contributed by atoms with Crippen LogP contribution < -0.4 is 5.32 Å². The molecule has 2 aromatic rings. The molecule has 0 bridgehead atoms. The molecule has 1 aliphatic heterocycles. The van der Waals surface area contributed by atoms with Crippen molar-refractivity contribution in [3.63, 3.8) is 0 Å². The molecule has 1 aliphatic rings. The van der Waals surface area contributed by atoms with Crippen molar-refractivity contribution in [2.45, 2.75) is 52.4 Å². The van der Waals surface area contributed by atoms with Gasteiger partial charge in [0.1, 0.15) is 6.61 Å². The lowest BCUT2D eigenvalue weighted by Gasteiger charge is -2.32. The number of carbonyl (C=O) groups is 1. The molecule has 0 atom stereocenters. The third kappa shape index (κ3) is 6.00. The molecule has 0 aliphatic carbocycles. The van der Waals surface area contributed by atoms with Gasteiger partial charge in [0.15, 0.2) is 0 Å². The Kier molecular flexibility index (Phi) is 7.29. The molecule has 0 aromatic heterocycles. The van der Waals surface area contributed by atoms with Crippen molar-refractivity contribution in [2.24, 2.45) is 0 Å². The van der Waals surface area contributed by atoms with Crippen molar-refractivity contribution in [3.05, 3.63) is 75.2 Å². The third-order valence-corrected chi connectivity index (χ3v) is 6.61. The van der Waals surface area contributed by atoms with Gasteiger partial charge in [0.2, 0.25) is 0 Å². The SMILES string of the molecule is Cc1ccc(C=C(CNC(=O)OCc2ccccc2)B2OC(C)(C)C(C)(C)O2)cc1Br. The van der Waals surface area contributed by atoms with Crippen molar-refractivity contribution in [1.82, 2.24) is 5.32 Å². The van der Waals surface area contributed by atoms with Crippen molar-refractivity contribution in [1.29, 1.82) is 0 Å². The lowest BCUT2D eigenvalue weighted by molar-refractivity contribution is 0.00578. The van der Waals surface area contributed by atoms with Crippen LogP contribution in [0.15, 0.2) is 58.5 Å². The summed E-state index contributed by atoms with van der Waals surface area (Å²) in [5.74, 6) is 0. The highest BCUT2D eigenvalue weighted by atomic mass is 79.9. The van der Waals surface area contributed by atoms with Gasteiger partial charge in [-0.25, -0.2) is 4.79 Å². The maximum atomic E-state index is 12.3. The zero-order chi connectivity index (χ0) is 22.6. The minimum atomic E-state index is -0.570. The Balaban J connectivity index is 1.73. The summed E-state index contributed by atoms with van der Waals surface area (Å²) in [6, 6.07) is 15.7. The number of halogens is 1. The molecule has 0 saturated carbocycles. The lowest BCUT2D eigenvalue weighted by Crippen LogP contribution is -2.41. The molecule has 0 unspecified atom stereocenters. The second-order valence-corrected chi connectivity index (χ2v) is 9.59. The van der Waals surface area contributed by atoms with Crippen LogP contribution in [0.4, 0.5) is 4.79 Å². The Bertz CT molecular complexity index is 943. The van der Waals surface area contributed by atoms with E-state index in [1.807, 2.05) is 89.2 Å². The maximum absolute atomic E-state index is 12.3. The van der Waals surface area contributed by atoms with Crippen LogP contribution in [0.5, 0.6) is 0 Å². The predicted molar refractivity (Wildman–Crippen MR) is 128 cm³/mol. The summed E-state index contributed by atoms with van der Waals surface area (Å²) in [4.78, 5) is 12.3. The summed E-state index contributed by atoms with van der Waals surface area (Å²) < 4.78 is 18.8. The number of aryl methyl sites for hydroxylation is 1. The van der Waals surface area contributed by atoms with E-state index in [9.17, 15) is 4.79 Å². The Labute approximate surface area is 193 Å². The van der Waals surface area contributed by atoms with Crippen molar-refractivity contribution >= 4 is 35.2 Å². The molecule has 1 N–H and O–H groups in total. The highest BCUT2D eigenvalue weighted by Crippen LogP contribution is 2.38. The molecule has 7 heteroatoms. The summed E-state index contributed by atoms with van der Waals surface area (Å²) in [5.41, 5.74) is 2.94. The molecule has 1 amide bonds. The van der Waals surface area contributed by atoms with E-state index in [-0.39, 0.29) is 13.2 Å². The van der Waals surface area contributed by atoms with Crippen LogP contribution in [0.2, 0.25) is 0 Å². The number of nitrogens with one attached hydrogen (secondary N) is 1. The van der Waals surface area contributed by atoms with Crippen LogP contribution in [0, 0.1) is 6.92 Å². The fourth-order valence-electron chi connectivity index (χ4n) is 3.06. The van der Waals surface area contributed by atoms with Crippen LogP contribution >= 0.6 is 15.9 Å². The molecule has 1 heterocycles. The Morgan fingerprint density at radius 1 is 1.10 bits per heavy atom. The van der Waals surface area contributed by atoms with E-state index in [2.05, 4.69) is 21.2 Å². The molecule has 1 fully saturated rings. The number of benzene rings is 2. The number of hydrogen-bond acceptors (Lipinski definition) is 4. The van der Waals surface area contributed by atoms with Crippen molar-refractivity contribution < 1.29 is 18.8 Å². The quantitative estimate of drug-likeness (QED) is 0.533. The largest absolute Gasteiger partial charge is 0.492 e. The maximum Gasteiger partial charge on any atom is 0.492 e. The van der Waals surface area contributed by atoms with Gasteiger partial charge in [0.25, 0.3) is 0 Å². The van der Waals surface area contributed by atoms with Gasteiger partial charge in [-0.3, -0.25) is 0 Å². The summed E-state index contributed by atoms with van der Waals surface area (Å²) in [6.07, 6.45) is 1.50. The molecule has 31 heavy (non-hydrogen) atoms. The Morgan fingerprint density at radius 2 is 1.74 bits per heavy atom. The number of amides is 1. The Hall–Kier alpha value is -2.09. The summed E-state index contributed by atoms with van der Waals surface area (Å²) >= 11 is 3.58. The van der Waals surface area contributed by atoms with E-state index in [0.29, 0.717) is 0 Å². The van der Waals surface area contributed by atoms with Gasteiger partial charge in [-0.1, -0.05) is 64.5 Å². The van der Waals surface area contributed by atoms with E-state index in [1.54, 1.807) is 0 Å². The monoisotopic (exact) mass is 485 g/mol. The highest BCUT2D eigenvalue weighted by Gasteiger charge is 2.52. The van der Waals surface area contributed by atoms with Gasteiger partial charge >= 0.3 is 13.2 Å². The van der Waals surface area contributed by atoms with Crippen molar-refractivity contribution in [2.75, 3.05) is 6.54 Å². The molecule has 164 valence electrons. The first-order valence-electron chi connectivity index (χ1n) is 10.3. The second kappa shape index (κ2) is 9.59. The molecule has 3 rings (SSSR count). The zero-order valence-electron chi connectivity index (χ0n) is 18.7. The van der Waals surface area contributed by atoms with Crippen LogP contribution in [0.25, 0.3) is 6.08 Å². The number of carbonyl (C=O) groups excluding carboxylic acids is 1. The first-order valence-corrected chi connectivity index (χ1v) is 11.1.